The van der Waals surface area contributed by atoms with Crippen LogP contribution in [-0.2, 0) is 13.6 Å². The van der Waals surface area contributed by atoms with Crippen LogP contribution in [0.1, 0.15) is 24.4 Å². The molecule has 2 heterocycles. The first-order valence-electron chi connectivity index (χ1n) is 8.77. The highest BCUT2D eigenvalue weighted by atomic mass is 127. The van der Waals surface area contributed by atoms with Gasteiger partial charge < -0.3 is 10.6 Å². The van der Waals surface area contributed by atoms with E-state index in [2.05, 4.69) is 30.8 Å². The van der Waals surface area contributed by atoms with Crippen LogP contribution in [0.25, 0.3) is 0 Å². The van der Waals surface area contributed by atoms with Crippen molar-refractivity contribution in [2.24, 2.45) is 12.0 Å². The molecule has 10 heteroatoms. The fourth-order valence-electron chi connectivity index (χ4n) is 2.66. The Balaban J connectivity index is 0.00000280. The molecule has 2 aromatic heterocycles. The summed E-state index contributed by atoms with van der Waals surface area (Å²) < 4.78 is 3.63. The Labute approximate surface area is 186 Å². The number of aliphatic imine (C=N–C) groups is 1. The van der Waals surface area contributed by atoms with Crippen LogP contribution in [0.4, 0.5) is 0 Å². The first-order chi connectivity index (χ1) is 13.2. The summed E-state index contributed by atoms with van der Waals surface area (Å²) >= 11 is 6.03. The van der Waals surface area contributed by atoms with E-state index in [1.54, 1.807) is 10.9 Å². The SMILES string of the molecule is CCNC(=NCc1ncnn1C)NCC(c1ccc(Cl)cc1)n1cccn1.I. The van der Waals surface area contributed by atoms with Gasteiger partial charge in [-0.25, -0.2) is 9.98 Å². The van der Waals surface area contributed by atoms with Crippen LogP contribution >= 0.6 is 35.6 Å². The third kappa shape index (κ3) is 5.93. The first-order valence-corrected chi connectivity index (χ1v) is 9.14. The van der Waals surface area contributed by atoms with Gasteiger partial charge in [-0.3, -0.25) is 9.36 Å². The summed E-state index contributed by atoms with van der Waals surface area (Å²) in [6.07, 6.45) is 5.25. The van der Waals surface area contributed by atoms with E-state index >= 15 is 0 Å². The monoisotopic (exact) mass is 514 g/mol. The van der Waals surface area contributed by atoms with Crippen molar-refractivity contribution in [3.63, 3.8) is 0 Å². The lowest BCUT2D eigenvalue weighted by Gasteiger charge is -2.20. The smallest absolute Gasteiger partial charge is 0.191 e. The maximum absolute atomic E-state index is 6.03. The largest absolute Gasteiger partial charge is 0.357 e. The number of benzene rings is 1. The van der Waals surface area contributed by atoms with E-state index in [1.807, 2.05) is 55.2 Å². The minimum absolute atomic E-state index is 0. The maximum Gasteiger partial charge on any atom is 0.191 e. The van der Waals surface area contributed by atoms with Gasteiger partial charge in [-0.1, -0.05) is 23.7 Å². The molecule has 0 fully saturated rings. The maximum atomic E-state index is 6.03. The Morgan fingerprint density at radius 3 is 2.61 bits per heavy atom. The Hall–Kier alpha value is -2.14. The van der Waals surface area contributed by atoms with Gasteiger partial charge in [0.05, 0.1) is 6.04 Å². The number of aryl methyl sites for hydroxylation is 1. The summed E-state index contributed by atoms with van der Waals surface area (Å²) in [5.41, 5.74) is 1.11. The van der Waals surface area contributed by atoms with Crippen LogP contribution in [0.15, 0.2) is 54.0 Å². The number of hydrogen-bond donors (Lipinski definition) is 2. The molecule has 3 aromatic rings. The Kier molecular flexibility index (Phi) is 8.71. The van der Waals surface area contributed by atoms with Crippen molar-refractivity contribution in [3.05, 3.63) is 65.5 Å². The van der Waals surface area contributed by atoms with Crippen molar-refractivity contribution in [2.75, 3.05) is 13.1 Å². The van der Waals surface area contributed by atoms with E-state index < -0.39 is 0 Å². The normalized spacial score (nSPS) is 12.3. The van der Waals surface area contributed by atoms with Gasteiger partial charge in [0.1, 0.15) is 18.7 Å². The predicted octanol–water partition coefficient (Wildman–Crippen LogP) is 2.63. The topological polar surface area (TPSA) is 85.0 Å². The van der Waals surface area contributed by atoms with E-state index in [1.165, 1.54) is 6.33 Å². The van der Waals surface area contributed by atoms with Gasteiger partial charge >= 0.3 is 0 Å². The highest BCUT2D eigenvalue weighted by molar-refractivity contribution is 14.0. The number of nitrogens with one attached hydrogen (secondary N) is 2. The second-order valence-corrected chi connectivity index (χ2v) is 6.37. The fourth-order valence-corrected chi connectivity index (χ4v) is 2.79. The molecular weight excluding hydrogens is 491 g/mol. The van der Waals surface area contributed by atoms with Gasteiger partial charge in [-0.15, -0.1) is 24.0 Å². The molecule has 28 heavy (non-hydrogen) atoms. The fraction of sp³-hybridized carbons (Fsp3) is 0.333. The number of nitrogens with zero attached hydrogens (tertiary/aromatic N) is 6. The standard InChI is InChI=1S/C18H23ClN8.HI/c1-3-20-18(22-12-17-23-13-25-26(17)2)21-11-16(27-10-4-9-24-27)14-5-7-15(19)8-6-14;/h4-10,13,16H,3,11-12H2,1-2H3,(H2,20,21,22);1H. The van der Waals surface area contributed by atoms with Crippen LogP contribution in [-0.4, -0.2) is 43.6 Å². The van der Waals surface area contributed by atoms with Crippen LogP contribution < -0.4 is 10.6 Å². The molecule has 1 unspecified atom stereocenters. The van der Waals surface area contributed by atoms with Gasteiger partial charge in [-0.2, -0.15) is 10.2 Å². The summed E-state index contributed by atoms with van der Waals surface area (Å²) in [7, 11) is 1.85. The number of aromatic nitrogens is 5. The van der Waals surface area contributed by atoms with Crippen LogP contribution in [0.2, 0.25) is 5.02 Å². The molecular formula is C18H24ClIN8. The zero-order valence-corrected chi connectivity index (χ0v) is 18.9. The lowest BCUT2D eigenvalue weighted by Crippen LogP contribution is -2.40. The Bertz CT molecular complexity index is 860. The molecule has 0 radical (unpaired) electrons. The third-order valence-electron chi connectivity index (χ3n) is 4.09. The Morgan fingerprint density at radius 2 is 2.00 bits per heavy atom. The molecule has 1 atom stereocenters. The van der Waals surface area contributed by atoms with Crippen LogP contribution in [0.3, 0.4) is 0 Å². The van der Waals surface area contributed by atoms with Crippen molar-refractivity contribution >= 4 is 41.5 Å². The van der Waals surface area contributed by atoms with E-state index in [9.17, 15) is 0 Å². The van der Waals surface area contributed by atoms with Crippen LogP contribution in [0.5, 0.6) is 0 Å². The summed E-state index contributed by atoms with van der Waals surface area (Å²) in [5, 5.41) is 15.8. The molecule has 8 nitrogen and oxygen atoms in total. The third-order valence-corrected chi connectivity index (χ3v) is 4.34. The summed E-state index contributed by atoms with van der Waals surface area (Å²) in [6.45, 7) is 3.86. The average Bonchev–Trinajstić information content (AvgIpc) is 3.33. The zero-order valence-electron chi connectivity index (χ0n) is 15.8. The molecule has 0 aliphatic carbocycles. The zero-order chi connectivity index (χ0) is 19.1. The minimum atomic E-state index is 0. The highest BCUT2D eigenvalue weighted by Gasteiger charge is 2.15. The molecule has 0 bridgehead atoms. The predicted molar refractivity (Wildman–Crippen MR) is 121 cm³/mol. The molecule has 0 spiro atoms. The summed E-state index contributed by atoms with van der Waals surface area (Å²) in [4.78, 5) is 8.80. The Morgan fingerprint density at radius 1 is 1.21 bits per heavy atom. The van der Waals surface area contributed by atoms with Gasteiger partial charge in [0.15, 0.2) is 5.96 Å². The van der Waals surface area contributed by atoms with E-state index in [4.69, 9.17) is 11.6 Å². The minimum Gasteiger partial charge on any atom is -0.357 e. The van der Waals surface area contributed by atoms with E-state index in [-0.39, 0.29) is 30.0 Å². The molecule has 0 amide bonds. The van der Waals surface area contributed by atoms with Crippen molar-refractivity contribution in [1.29, 1.82) is 0 Å². The molecule has 1 aromatic carbocycles. The quantitative estimate of drug-likeness (QED) is 0.288. The molecule has 0 aliphatic rings. The summed E-state index contributed by atoms with van der Waals surface area (Å²) in [5.74, 6) is 1.51. The van der Waals surface area contributed by atoms with Gasteiger partial charge in [0, 0.05) is 37.6 Å². The number of halogens is 2. The van der Waals surface area contributed by atoms with Crippen LogP contribution in [0, 0.1) is 0 Å². The van der Waals surface area contributed by atoms with Crippen molar-refractivity contribution in [3.8, 4) is 0 Å². The molecule has 0 aliphatic heterocycles. The highest BCUT2D eigenvalue weighted by Crippen LogP contribution is 2.19. The first kappa shape index (κ1) is 22.2. The lowest BCUT2D eigenvalue weighted by atomic mass is 10.1. The molecule has 3 rings (SSSR count). The van der Waals surface area contributed by atoms with Crippen molar-refractivity contribution in [1.82, 2.24) is 35.2 Å². The van der Waals surface area contributed by atoms with E-state index in [0.717, 1.165) is 17.9 Å². The molecule has 0 saturated carbocycles. The second kappa shape index (κ2) is 11.0. The van der Waals surface area contributed by atoms with Crippen molar-refractivity contribution < 1.29 is 0 Å². The summed E-state index contributed by atoms with van der Waals surface area (Å²) in [6, 6.07) is 9.73. The molecule has 0 saturated heterocycles. The van der Waals surface area contributed by atoms with E-state index in [0.29, 0.717) is 24.1 Å². The van der Waals surface area contributed by atoms with Gasteiger partial charge in [0.2, 0.25) is 0 Å². The average molecular weight is 515 g/mol. The second-order valence-electron chi connectivity index (χ2n) is 5.93. The van der Waals surface area contributed by atoms with Gasteiger partial charge in [0.25, 0.3) is 0 Å². The number of hydrogen-bond acceptors (Lipinski definition) is 4. The molecule has 150 valence electrons. The lowest BCUT2D eigenvalue weighted by molar-refractivity contribution is 0.510. The molecule has 2 N–H and O–H groups in total. The number of guanidine groups is 1. The van der Waals surface area contributed by atoms with Crippen molar-refractivity contribution in [2.45, 2.75) is 19.5 Å². The number of rotatable bonds is 7. The van der Waals surface area contributed by atoms with Gasteiger partial charge in [-0.05, 0) is 30.7 Å².